The van der Waals surface area contributed by atoms with E-state index in [1.165, 1.54) is 16.7 Å². The molecule has 2 atom stereocenters. The number of amides is 2. The molecule has 0 spiro atoms. The van der Waals surface area contributed by atoms with Gasteiger partial charge in [-0.2, -0.15) is 0 Å². The zero-order valence-corrected chi connectivity index (χ0v) is 16.4. The predicted octanol–water partition coefficient (Wildman–Crippen LogP) is 2.69. The second kappa shape index (κ2) is 8.77. The highest BCUT2D eigenvalue weighted by molar-refractivity contribution is 6.00. The van der Waals surface area contributed by atoms with E-state index < -0.39 is 18.1 Å². The lowest BCUT2D eigenvalue weighted by Gasteiger charge is -2.33. The van der Waals surface area contributed by atoms with Gasteiger partial charge in [0.25, 0.3) is 5.91 Å². The Hall–Kier alpha value is -3.35. The third-order valence-corrected chi connectivity index (χ3v) is 4.96. The molecule has 152 valence electrons. The number of carbonyl (C=O) groups is 3. The Labute approximate surface area is 169 Å². The second-order valence-corrected chi connectivity index (χ2v) is 6.99. The number of anilines is 1. The summed E-state index contributed by atoms with van der Waals surface area (Å²) in [4.78, 5) is 39.9. The molecular weight excluding hydrogens is 372 g/mol. The maximum atomic E-state index is 12.9. The van der Waals surface area contributed by atoms with E-state index in [1.54, 1.807) is 25.1 Å². The normalized spacial score (nSPS) is 16.6. The molecule has 0 radical (unpaired) electrons. The number of carboxylic acid groups (broad SMARTS) is 1. The number of ether oxygens (including phenoxy) is 1. The van der Waals surface area contributed by atoms with E-state index in [0.29, 0.717) is 11.4 Å². The van der Waals surface area contributed by atoms with Gasteiger partial charge in [-0.1, -0.05) is 42.5 Å². The summed E-state index contributed by atoms with van der Waals surface area (Å²) in [7, 11) is 0. The van der Waals surface area contributed by atoms with Gasteiger partial charge in [0.1, 0.15) is 11.8 Å². The largest absolute Gasteiger partial charge is 0.480 e. The molecule has 0 aliphatic carbocycles. The number of hydrogen-bond donors (Lipinski definition) is 1. The summed E-state index contributed by atoms with van der Waals surface area (Å²) in [5, 5.41) is 9.43. The molecule has 1 aliphatic rings. The number of aliphatic carboxylic acids is 1. The summed E-state index contributed by atoms with van der Waals surface area (Å²) in [6.07, 6.45) is -0.629. The van der Waals surface area contributed by atoms with Crippen molar-refractivity contribution in [3.8, 4) is 5.75 Å². The Bertz CT molecular complexity index is 899. The molecule has 1 aliphatic heterocycles. The summed E-state index contributed by atoms with van der Waals surface area (Å²) in [5.41, 5.74) is 1.46. The number of benzene rings is 2. The molecule has 29 heavy (non-hydrogen) atoms. The van der Waals surface area contributed by atoms with Crippen molar-refractivity contribution in [3.05, 3.63) is 60.2 Å². The first kappa shape index (κ1) is 20.4. The molecule has 3 rings (SSSR count). The van der Waals surface area contributed by atoms with E-state index in [0.717, 1.165) is 5.56 Å². The van der Waals surface area contributed by atoms with Crippen LogP contribution >= 0.6 is 0 Å². The van der Waals surface area contributed by atoms with Crippen molar-refractivity contribution in [1.29, 1.82) is 0 Å². The molecule has 2 aromatic rings. The summed E-state index contributed by atoms with van der Waals surface area (Å²) < 4.78 is 5.61. The highest BCUT2D eigenvalue weighted by atomic mass is 16.5. The maximum absolute atomic E-state index is 12.9. The number of hydrogen-bond acceptors (Lipinski definition) is 4. The SMILES string of the molecule is CC1Oc2ccccc2N(CCC(=O)N(Cc2ccccc2)C(C)C(=O)O)C1=O. The molecule has 2 aromatic carbocycles. The molecule has 2 amide bonds. The van der Waals surface area contributed by atoms with Crippen LogP contribution in [0.4, 0.5) is 5.69 Å². The van der Waals surface area contributed by atoms with Crippen LogP contribution in [0.25, 0.3) is 0 Å². The molecule has 0 saturated heterocycles. The van der Waals surface area contributed by atoms with Crippen LogP contribution in [0.2, 0.25) is 0 Å². The van der Waals surface area contributed by atoms with Gasteiger partial charge in [0.2, 0.25) is 5.91 Å². The molecule has 0 bridgehead atoms. The molecule has 2 unspecified atom stereocenters. The highest BCUT2D eigenvalue weighted by Crippen LogP contribution is 2.33. The van der Waals surface area contributed by atoms with Gasteiger partial charge in [-0.25, -0.2) is 4.79 Å². The lowest BCUT2D eigenvalue weighted by atomic mass is 10.1. The van der Waals surface area contributed by atoms with Gasteiger partial charge in [-0.3, -0.25) is 9.59 Å². The monoisotopic (exact) mass is 396 g/mol. The number of carbonyl (C=O) groups excluding carboxylic acids is 2. The van der Waals surface area contributed by atoms with Gasteiger partial charge >= 0.3 is 5.97 Å². The van der Waals surface area contributed by atoms with E-state index >= 15 is 0 Å². The molecule has 0 fully saturated rings. The first-order valence-electron chi connectivity index (χ1n) is 9.51. The summed E-state index contributed by atoms with van der Waals surface area (Å²) in [6.45, 7) is 3.50. The van der Waals surface area contributed by atoms with Crippen LogP contribution in [0.5, 0.6) is 5.75 Å². The van der Waals surface area contributed by atoms with Gasteiger partial charge in [0, 0.05) is 19.5 Å². The van der Waals surface area contributed by atoms with Crippen molar-refractivity contribution in [1.82, 2.24) is 4.90 Å². The van der Waals surface area contributed by atoms with E-state index in [-0.39, 0.29) is 31.3 Å². The third-order valence-electron chi connectivity index (χ3n) is 4.96. The van der Waals surface area contributed by atoms with E-state index in [1.807, 2.05) is 36.4 Å². The van der Waals surface area contributed by atoms with Crippen LogP contribution < -0.4 is 9.64 Å². The first-order chi connectivity index (χ1) is 13.9. The van der Waals surface area contributed by atoms with E-state index in [4.69, 9.17) is 4.74 Å². The van der Waals surface area contributed by atoms with Crippen molar-refractivity contribution < 1.29 is 24.2 Å². The van der Waals surface area contributed by atoms with Gasteiger partial charge in [-0.05, 0) is 31.5 Å². The number of rotatable bonds is 7. The minimum atomic E-state index is -1.07. The average Bonchev–Trinajstić information content (AvgIpc) is 2.72. The molecule has 0 saturated carbocycles. The summed E-state index contributed by atoms with van der Waals surface area (Å²) in [5.74, 6) is -1.03. The predicted molar refractivity (Wildman–Crippen MR) is 108 cm³/mol. The minimum Gasteiger partial charge on any atom is -0.480 e. The molecule has 7 nitrogen and oxygen atoms in total. The van der Waals surface area contributed by atoms with Crippen molar-refractivity contribution in [2.24, 2.45) is 0 Å². The highest BCUT2D eigenvalue weighted by Gasteiger charge is 2.32. The van der Waals surface area contributed by atoms with E-state index in [9.17, 15) is 19.5 Å². The number of nitrogens with zero attached hydrogens (tertiary/aromatic N) is 2. The summed E-state index contributed by atoms with van der Waals surface area (Å²) in [6, 6.07) is 15.4. The van der Waals surface area contributed by atoms with Crippen LogP contribution in [0, 0.1) is 0 Å². The summed E-state index contributed by atoms with van der Waals surface area (Å²) >= 11 is 0. The Kier molecular flexibility index (Phi) is 6.16. The molecule has 0 aromatic heterocycles. The Morgan fingerprint density at radius 2 is 1.79 bits per heavy atom. The van der Waals surface area contributed by atoms with Crippen LogP contribution in [-0.2, 0) is 20.9 Å². The van der Waals surface area contributed by atoms with Crippen molar-refractivity contribution in [3.63, 3.8) is 0 Å². The van der Waals surface area contributed by atoms with Gasteiger partial charge < -0.3 is 19.6 Å². The Balaban J connectivity index is 1.76. The maximum Gasteiger partial charge on any atom is 0.326 e. The van der Waals surface area contributed by atoms with Crippen LogP contribution in [0.1, 0.15) is 25.8 Å². The van der Waals surface area contributed by atoms with Gasteiger partial charge in [0.15, 0.2) is 6.10 Å². The first-order valence-corrected chi connectivity index (χ1v) is 9.51. The molecule has 1 N–H and O–H groups in total. The number of carboxylic acids is 1. The Morgan fingerprint density at radius 1 is 1.14 bits per heavy atom. The second-order valence-electron chi connectivity index (χ2n) is 6.99. The van der Waals surface area contributed by atoms with Crippen molar-refractivity contribution in [2.75, 3.05) is 11.4 Å². The fourth-order valence-electron chi connectivity index (χ4n) is 3.30. The minimum absolute atomic E-state index is 0.0112. The topological polar surface area (TPSA) is 87.2 Å². The number of para-hydroxylation sites is 2. The third kappa shape index (κ3) is 4.56. The van der Waals surface area contributed by atoms with Crippen LogP contribution in [-0.4, -0.2) is 46.5 Å². The fourth-order valence-corrected chi connectivity index (χ4v) is 3.30. The zero-order chi connectivity index (χ0) is 21.0. The smallest absolute Gasteiger partial charge is 0.326 e. The Morgan fingerprint density at radius 3 is 2.48 bits per heavy atom. The van der Waals surface area contributed by atoms with Gasteiger partial charge in [-0.15, -0.1) is 0 Å². The average molecular weight is 396 g/mol. The van der Waals surface area contributed by atoms with Crippen LogP contribution in [0.15, 0.2) is 54.6 Å². The molecule has 1 heterocycles. The van der Waals surface area contributed by atoms with Crippen LogP contribution in [0.3, 0.4) is 0 Å². The zero-order valence-electron chi connectivity index (χ0n) is 16.4. The van der Waals surface area contributed by atoms with Crippen molar-refractivity contribution >= 4 is 23.5 Å². The quantitative estimate of drug-likeness (QED) is 0.778. The molecule has 7 heteroatoms. The fraction of sp³-hybridized carbons (Fsp3) is 0.318. The van der Waals surface area contributed by atoms with E-state index in [2.05, 4.69) is 0 Å². The standard InChI is InChI=1S/C22H24N2O5/c1-15(22(27)28)24(14-17-8-4-3-5-9-17)20(25)12-13-23-18-10-6-7-11-19(18)29-16(2)21(23)26/h3-11,15-16H,12-14H2,1-2H3,(H,27,28). The lowest BCUT2D eigenvalue weighted by molar-refractivity contribution is -0.150. The van der Waals surface area contributed by atoms with Gasteiger partial charge in [0.05, 0.1) is 5.69 Å². The van der Waals surface area contributed by atoms with Crippen molar-refractivity contribution in [2.45, 2.75) is 39.0 Å². The molecular formula is C22H24N2O5. The number of fused-ring (bicyclic) bond motifs is 1. The lowest BCUT2D eigenvalue weighted by Crippen LogP contribution is -2.47.